The molecule has 0 spiro atoms. The predicted octanol–water partition coefficient (Wildman–Crippen LogP) is 3.06. The van der Waals surface area contributed by atoms with Gasteiger partial charge < -0.3 is 9.84 Å². The third-order valence-electron chi connectivity index (χ3n) is 3.75. The smallest absolute Gasteiger partial charge is 0.326 e. The van der Waals surface area contributed by atoms with Crippen LogP contribution in [0.5, 0.6) is 0 Å². The summed E-state index contributed by atoms with van der Waals surface area (Å²) in [6.45, 7) is 1.59. The minimum absolute atomic E-state index is 0.0708. The van der Waals surface area contributed by atoms with E-state index in [0.717, 1.165) is 23.1 Å². The number of rotatable bonds is 10. The van der Waals surface area contributed by atoms with Crippen molar-refractivity contribution in [3.8, 4) is 0 Å². The molecule has 2 rings (SSSR count). The molecule has 29 heavy (non-hydrogen) atoms. The number of ether oxygens (including phenoxy) is 1. The zero-order valence-electron chi connectivity index (χ0n) is 15.7. The van der Waals surface area contributed by atoms with Crippen LogP contribution in [0.15, 0.2) is 28.0 Å². The second-order valence-electron chi connectivity index (χ2n) is 5.90. The molecule has 0 aromatic heterocycles. The number of nitro groups is 1. The standard InChI is InChI=1S/C18H20N2O7S2/c1-2-3-7-27-16(22)11-19-17(23)15(29-18(19)24)10-12-4-5-14(28-8-6-21)13(9-12)20(25)26/h4-5,9-10,21H,2-3,6-8,11H2,1H3/b15-10-. The summed E-state index contributed by atoms with van der Waals surface area (Å²) in [6.07, 6.45) is 2.92. The van der Waals surface area contributed by atoms with Crippen LogP contribution in [-0.4, -0.2) is 57.6 Å². The summed E-state index contributed by atoms with van der Waals surface area (Å²) in [5.41, 5.74) is 0.219. The van der Waals surface area contributed by atoms with Crippen molar-refractivity contribution < 1.29 is 29.2 Å². The molecule has 1 saturated heterocycles. The average molecular weight is 440 g/mol. The van der Waals surface area contributed by atoms with E-state index in [1.807, 2.05) is 6.92 Å². The van der Waals surface area contributed by atoms with Gasteiger partial charge in [0.05, 0.1) is 27.9 Å². The van der Waals surface area contributed by atoms with E-state index < -0.39 is 28.6 Å². The van der Waals surface area contributed by atoms with Gasteiger partial charge in [-0.05, 0) is 35.9 Å². The Hall–Kier alpha value is -2.37. The fourth-order valence-corrected chi connectivity index (χ4v) is 3.93. The molecular weight excluding hydrogens is 420 g/mol. The van der Waals surface area contributed by atoms with E-state index in [0.29, 0.717) is 34.4 Å². The summed E-state index contributed by atoms with van der Waals surface area (Å²) in [4.78, 5) is 48.3. The molecule has 0 atom stereocenters. The molecule has 1 aliphatic rings. The highest BCUT2D eigenvalue weighted by atomic mass is 32.2. The summed E-state index contributed by atoms with van der Waals surface area (Å²) in [5.74, 6) is -0.996. The number of aliphatic hydroxyl groups excluding tert-OH is 1. The van der Waals surface area contributed by atoms with Gasteiger partial charge in [-0.15, -0.1) is 11.8 Å². The van der Waals surface area contributed by atoms with Crippen molar-refractivity contribution in [3.63, 3.8) is 0 Å². The largest absolute Gasteiger partial charge is 0.464 e. The second kappa shape index (κ2) is 11.0. The molecule has 0 unspecified atom stereocenters. The number of amides is 2. The van der Waals surface area contributed by atoms with Gasteiger partial charge in [-0.2, -0.15) is 0 Å². The highest BCUT2D eigenvalue weighted by Gasteiger charge is 2.36. The monoisotopic (exact) mass is 440 g/mol. The SMILES string of the molecule is CCCCOC(=O)CN1C(=O)S/C(=C\c2ccc(SCCO)c([N+](=O)[O-])c2)C1=O. The van der Waals surface area contributed by atoms with Gasteiger partial charge in [0.15, 0.2) is 0 Å². The molecule has 0 aliphatic carbocycles. The molecule has 0 bridgehead atoms. The van der Waals surface area contributed by atoms with Crippen LogP contribution in [0.1, 0.15) is 25.3 Å². The van der Waals surface area contributed by atoms with E-state index >= 15 is 0 Å². The van der Waals surface area contributed by atoms with Crippen molar-refractivity contribution in [2.24, 2.45) is 0 Å². The quantitative estimate of drug-likeness (QED) is 0.146. The van der Waals surface area contributed by atoms with Gasteiger partial charge in [-0.25, -0.2) is 0 Å². The Morgan fingerprint density at radius 1 is 1.41 bits per heavy atom. The Balaban J connectivity index is 2.15. The molecule has 2 amide bonds. The van der Waals surface area contributed by atoms with Crippen LogP contribution in [0.3, 0.4) is 0 Å². The molecule has 156 valence electrons. The van der Waals surface area contributed by atoms with E-state index in [1.54, 1.807) is 6.07 Å². The number of unbranched alkanes of at least 4 members (excludes halogenated alkanes) is 1. The summed E-state index contributed by atoms with van der Waals surface area (Å²) < 4.78 is 4.97. The third-order valence-corrected chi connectivity index (χ3v) is 5.70. The number of carbonyl (C=O) groups is 3. The van der Waals surface area contributed by atoms with Gasteiger partial charge in [-0.1, -0.05) is 19.4 Å². The predicted molar refractivity (Wildman–Crippen MR) is 109 cm³/mol. The number of aliphatic hydroxyl groups is 1. The average Bonchev–Trinajstić information content (AvgIpc) is 2.94. The van der Waals surface area contributed by atoms with Gasteiger partial charge in [0, 0.05) is 11.8 Å². The number of imide groups is 1. The van der Waals surface area contributed by atoms with E-state index in [1.165, 1.54) is 18.2 Å². The number of esters is 1. The topological polar surface area (TPSA) is 127 Å². The number of thioether (sulfide) groups is 2. The van der Waals surface area contributed by atoms with Gasteiger partial charge in [0.2, 0.25) is 0 Å². The van der Waals surface area contributed by atoms with Gasteiger partial charge in [0.1, 0.15) is 6.54 Å². The molecule has 1 N–H and O–H groups in total. The molecular formula is C18H20N2O7S2. The Labute approximate surface area is 175 Å². The lowest BCUT2D eigenvalue weighted by Gasteiger charge is -2.11. The van der Waals surface area contributed by atoms with Crippen molar-refractivity contribution in [2.45, 2.75) is 24.7 Å². The number of nitro benzene ring substituents is 1. The Morgan fingerprint density at radius 2 is 2.17 bits per heavy atom. The molecule has 1 aromatic rings. The number of benzene rings is 1. The maximum atomic E-state index is 12.5. The fraction of sp³-hybridized carbons (Fsp3) is 0.389. The molecule has 0 saturated carbocycles. The number of hydrogen-bond donors (Lipinski definition) is 1. The molecule has 0 radical (unpaired) electrons. The Kier molecular flexibility index (Phi) is 8.68. The minimum atomic E-state index is -0.664. The van der Waals surface area contributed by atoms with Crippen LogP contribution >= 0.6 is 23.5 Å². The summed E-state index contributed by atoms with van der Waals surface area (Å²) in [6, 6.07) is 4.41. The van der Waals surface area contributed by atoms with E-state index in [2.05, 4.69) is 0 Å². The molecule has 1 aromatic carbocycles. The van der Waals surface area contributed by atoms with Gasteiger partial charge >= 0.3 is 5.97 Å². The molecule has 1 heterocycles. The fourth-order valence-electron chi connectivity index (χ4n) is 2.34. The summed E-state index contributed by atoms with van der Waals surface area (Å²) in [5, 5.41) is 19.6. The van der Waals surface area contributed by atoms with Crippen LogP contribution in [0.2, 0.25) is 0 Å². The highest BCUT2D eigenvalue weighted by Crippen LogP contribution is 2.34. The molecule has 11 heteroatoms. The van der Waals surface area contributed by atoms with Crippen LogP contribution < -0.4 is 0 Å². The maximum Gasteiger partial charge on any atom is 0.326 e. The first-order valence-electron chi connectivity index (χ1n) is 8.80. The maximum absolute atomic E-state index is 12.5. The normalized spacial score (nSPS) is 15.2. The zero-order chi connectivity index (χ0) is 21.4. The van der Waals surface area contributed by atoms with Crippen molar-refractivity contribution in [1.29, 1.82) is 0 Å². The highest BCUT2D eigenvalue weighted by molar-refractivity contribution is 8.18. The van der Waals surface area contributed by atoms with E-state index in [4.69, 9.17) is 9.84 Å². The zero-order valence-corrected chi connectivity index (χ0v) is 17.3. The number of hydrogen-bond acceptors (Lipinski definition) is 9. The van der Waals surface area contributed by atoms with Crippen molar-refractivity contribution in [2.75, 3.05) is 25.5 Å². The summed E-state index contributed by atoms with van der Waals surface area (Å²) >= 11 is 1.81. The second-order valence-corrected chi connectivity index (χ2v) is 8.03. The molecule has 9 nitrogen and oxygen atoms in total. The lowest BCUT2D eigenvalue weighted by atomic mass is 10.2. The first-order valence-corrected chi connectivity index (χ1v) is 10.6. The lowest BCUT2D eigenvalue weighted by Crippen LogP contribution is -2.34. The molecule has 1 fully saturated rings. The van der Waals surface area contributed by atoms with E-state index in [9.17, 15) is 24.5 Å². The van der Waals surface area contributed by atoms with Crippen molar-refractivity contribution in [1.82, 2.24) is 4.90 Å². The lowest BCUT2D eigenvalue weighted by molar-refractivity contribution is -0.387. The van der Waals surface area contributed by atoms with Gasteiger partial charge in [0.25, 0.3) is 16.8 Å². The van der Waals surface area contributed by atoms with Crippen LogP contribution in [0.4, 0.5) is 10.5 Å². The van der Waals surface area contributed by atoms with Crippen molar-refractivity contribution >= 4 is 52.4 Å². The van der Waals surface area contributed by atoms with Crippen LogP contribution in [0.25, 0.3) is 6.08 Å². The van der Waals surface area contributed by atoms with E-state index in [-0.39, 0.29) is 23.8 Å². The first kappa shape index (κ1) is 22.9. The van der Waals surface area contributed by atoms with Crippen LogP contribution in [-0.2, 0) is 14.3 Å². The van der Waals surface area contributed by atoms with Crippen molar-refractivity contribution in [3.05, 3.63) is 38.8 Å². The van der Waals surface area contributed by atoms with Gasteiger partial charge in [-0.3, -0.25) is 29.4 Å². The molecule has 1 aliphatic heterocycles. The third kappa shape index (κ3) is 6.31. The first-order chi connectivity index (χ1) is 13.9. The van der Waals surface area contributed by atoms with Crippen LogP contribution in [0, 0.1) is 10.1 Å². The summed E-state index contributed by atoms with van der Waals surface area (Å²) in [7, 11) is 0. The Morgan fingerprint density at radius 3 is 2.83 bits per heavy atom. The number of carbonyl (C=O) groups excluding carboxylic acids is 3. The Bertz CT molecular complexity index is 841. The number of nitrogens with zero attached hydrogens (tertiary/aromatic N) is 2. The minimum Gasteiger partial charge on any atom is -0.464 e.